The molecule has 0 aliphatic heterocycles. The van der Waals surface area contributed by atoms with Gasteiger partial charge in [-0.15, -0.1) is 0 Å². The molecule has 0 spiro atoms. The Hall–Kier alpha value is -1.70. The van der Waals surface area contributed by atoms with Gasteiger partial charge in [0.05, 0.1) is 10.7 Å². The Morgan fingerprint density at radius 3 is 2.55 bits per heavy atom. The van der Waals surface area contributed by atoms with Crippen LogP contribution in [-0.4, -0.2) is 18.4 Å². The van der Waals surface area contributed by atoms with Gasteiger partial charge in [-0.3, -0.25) is 0 Å². The fraction of sp³-hybridized carbons (Fsp3) is 0.286. The molecule has 1 heterocycles. The molecule has 1 aromatic carbocycles. The van der Waals surface area contributed by atoms with Crippen LogP contribution in [0.25, 0.3) is 11.1 Å². The SMILES string of the molecule is Cc1nc(N)ncc1-c1cc(C2CC2)c(Cl)c(S(N)(=O)=O)c1. The molecule has 22 heavy (non-hydrogen) atoms. The highest BCUT2D eigenvalue weighted by Gasteiger charge is 2.29. The highest BCUT2D eigenvalue weighted by molar-refractivity contribution is 7.89. The lowest BCUT2D eigenvalue weighted by atomic mass is 10.0. The third-order valence-electron chi connectivity index (χ3n) is 3.70. The van der Waals surface area contributed by atoms with Crippen molar-refractivity contribution in [1.82, 2.24) is 9.97 Å². The summed E-state index contributed by atoms with van der Waals surface area (Å²) in [4.78, 5) is 8.02. The molecule has 3 rings (SSSR count). The van der Waals surface area contributed by atoms with Gasteiger partial charge < -0.3 is 5.73 Å². The Balaban J connectivity index is 2.26. The number of aromatic nitrogens is 2. The van der Waals surface area contributed by atoms with Gasteiger partial charge in [0.1, 0.15) is 4.90 Å². The first-order valence-corrected chi connectivity index (χ1v) is 8.65. The maximum Gasteiger partial charge on any atom is 0.239 e. The summed E-state index contributed by atoms with van der Waals surface area (Å²) in [6.45, 7) is 1.79. The largest absolute Gasteiger partial charge is 0.368 e. The van der Waals surface area contributed by atoms with E-state index in [9.17, 15) is 8.42 Å². The fourth-order valence-corrected chi connectivity index (χ4v) is 3.69. The van der Waals surface area contributed by atoms with E-state index in [0.29, 0.717) is 16.8 Å². The van der Waals surface area contributed by atoms with Crippen molar-refractivity contribution >= 4 is 27.6 Å². The molecule has 1 aromatic heterocycles. The van der Waals surface area contributed by atoms with E-state index >= 15 is 0 Å². The van der Waals surface area contributed by atoms with Crippen LogP contribution in [0.3, 0.4) is 0 Å². The van der Waals surface area contributed by atoms with Gasteiger partial charge >= 0.3 is 0 Å². The number of primary sulfonamides is 1. The summed E-state index contributed by atoms with van der Waals surface area (Å²) in [5.41, 5.74) is 8.41. The van der Waals surface area contributed by atoms with Crippen molar-refractivity contribution in [3.8, 4) is 11.1 Å². The average Bonchev–Trinajstić information content (AvgIpc) is 3.22. The number of rotatable bonds is 3. The van der Waals surface area contributed by atoms with Gasteiger partial charge in [-0.05, 0) is 48.9 Å². The summed E-state index contributed by atoms with van der Waals surface area (Å²) in [5, 5.41) is 5.50. The Morgan fingerprint density at radius 1 is 1.32 bits per heavy atom. The Bertz CT molecular complexity index is 863. The minimum Gasteiger partial charge on any atom is -0.368 e. The molecule has 1 aliphatic carbocycles. The van der Waals surface area contributed by atoms with E-state index in [2.05, 4.69) is 9.97 Å². The Labute approximate surface area is 133 Å². The minimum atomic E-state index is -3.91. The number of anilines is 1. The smallest absolute Gasteiger partial charge is 0.239 e. The van der Waals surface area contributed by atoms with Gasteiger partial charge in [0.2, 0.25) is 16.0 Å². The molecule has 0 atom stereocenters. The quantitative estimate of drug-likeness (QED) is 0.891. The lowest BCUT2D eigenvalue weighted by Gasteiger charge is -2.13. The van der Waals surface area contributed by atoms with Crippen molar-refractivity contribution < 1.29 is 8.42 Å². The van der Waals surface area contributed by atoms with Gasteiger partial charge in [0, 0.05) is 11.8 Å². The number of hydrogen-bond acceptors (Lipinski definition) is 5. The second kappa shape index (κ2) is 5.19. The molecule has 116 valence electrons. The molecule has 4 N–H and O–H groups in total. The van der Waals surface area contributed by atoms with E-state index in [1.54, 1.807) is 13.1 Å². The monoisotopic (exact) mass is 338 g/mol. The summed E-state index contributed by atoms with van der Waals surface area (Å²) in [7, 11) is -3.91. The second-order valence-corrected chi connectivity index (χ2v) is 7.33. The molecule has 8 heteroatoms. The summed E-state index contributed by atoms with van der Waals surface area (Å²) in [6.07, 6.45) is 3.55. The van der Waals surface area contributed by atoms with E-state index in [4.69, 9.17) is 22.5 Å². The van der Waals surface area contributed by atoms with Gasteiger partial charge in [-0.2, -0.15) is 0 Å². The van der Waals surface area contributed by atoms with Gasteiger partial charge in [0.25, 0.3) is 0 Å². The average molecular weight is 339 g/mol. The van der Waals surface area contributed by atoms with Crippen LogP contribution in [-0.2, 0) is 10.0 Å². The van der Waals surface area contributed by atoms with Crippen LogP contribution in [0.2, 0.25) is 5.02 Å². The molecule has 6 nitrogen and oxygen atoms in total. The van der Waals surface area contributed by atoms with Crippen molar-refractivity contribution in [1.29, 1.82) is 0 Å². The van der Waals surface area contributed by atoms with E-state index in [1.165, 1.54) is 6.07 Å². The van der Waals surface area contributed by atoms with Crippen molar-refractivity contribution in [3.63, 3.8) is 0 Å². The second-order valence-electron chi connectivity index (χ2n) is 5.42. The molecular formula is C14H15ClN4O2S. The van der Waals surface area contributed by atoms with Crippen molar-refractivity contribution in [2.24, 2.45) is 5.14 Å². The fourth-order valence-electron chi connectivity index (χ4n) is 2.44. The van der Waals surface area contributed by atoms with Gasteiger partial charge in [-0.25, -0.2) is 23.5 Å². The minimum absolute atomic E-state index is 0.0650. The molecule has 0 amide bonds. The zero-order chi connectivity index (χ0) is 16.1. The van der Waals surface area contributed by atoms with Crippen LogP contribution in [0.5, 0.6) is 0 Å². The third-order valence-corrected chi connectivity index (χ3v) is 5.17. The molecule has 2 aromatic rings. The molecule has 1 fully saturated rings. The van der Waals surface area contributed by atoms with Crippen LogP contribution < -0.4 is 10.9 Å². The highest BCUT2D eigenvalue weighted by Crippen LogP contribution is 2.46. The van der Waals surface area contributed by atoms with Crippen LogP contribution in [0.4, 0.5) is 5.95 Å². The number of nitrogens with two attached hydrogens (primary N) is 2. The van der Waals surface area contributed by atoms with Crippen molar-refractivity contribution in [2.75, 3.05) is 5.73 Å². The molecule has 1 saturated carbocycles. The van der Waals surface area contributed by atoms with Crippen molar-refractivity contribution in [3.05, 3.63) is 34.6 Å². The number of nitrogen functional groups attached to an aromatic ring is 1. The predicted octanol–water partition coefficient (Wildman–Crippen LogP) is 2.21. The number of halogens is 1. The van der Waals surface area contributed by atoms with Crippen LogP contribution in [0.15, 0.2) is 23.2 Å². The van der Waals surface area contributed by atoms with E-state index in [-0.39, 0.29) is 21.8 Å². The third kappa shape index (κ3) is 2.79. The molecule has 1 aliphatic rings. The molecule has 0 unspecified atom stereocenters. The predicted molar refractivity (Wildman–Crippen MR) is 85.0 cm³/mol. The number of hydrogen-bond donors (Lipinski definition) is 2. The maximum absolute atomic E-state index is 11.8. The lowest BCUT2D eigenvalue weighted by Crippen LogP contribution is -2.13. The number of benzene rings is 1. The standard InChI is InChI=1S/C14H15ClN4O2S/c1-7-11(6-18-14(16)19-7)9-4-10(8-2-3-8)13(15)12(5-9)22(17,20)21/h4-6,8H,2-3H2,1H3,(H2,16,18,19)(H2,17,20,21). The molecule has 0 bridgehead atoms. The normalized spacial score (nSPS) is 15.0. The summed E-state index contributed by atoms with van der Waals surface area (Å²) in [5.74, 6) is 0.451. The summed E-state index contributed by atoms with van der Waals surface area (Å²) in [6, 6.07) is 3.35. The van der Waals surface area contributed by atoms with Gasteiger partial charge in [0.15, 0.2) is 0 Å². The first-order chi connectivity index (χ1) is 10.3. The molecule has 0 saturated heterocycles. The van der Waals surface area contributed by atoms with E-state index < -0.39 is 10.0 Å². The highest BCUT2D eigenvalue weighted by atomic mass is 35.5. The number of nitrogens with zero attached hydrogens (tertiary/aromatic N) is 2. The summed E-state index contributed by atoms with van der Waals surface area (Å²) >= 11 is 6.24. The zero-order valence-electron chi connectivity index (χ0n) is 11.9. The lowest BCUT2D eigenvalue weighted by molar-refractivity contribution is 0.597. The van der Waals surface area contributed by atoms with E-state index in [1.807, 2.05) is 6.07 Å². The number of aryl methyl sites for hydroxylation is 1. The first-order valence-electron chi connectivity index (χ1n) is 6.73. The first kappa shape index (κ1) is 15.2. The topological polar surface area (TPSA) is 112 Å². The summed E-state index contributed by atoms with van der Waals surface area (Å²) < 4.78 is 23.6. The Kier molecular flexibility index (Phi) is 3.58. The molecule has 0 radical (unpaired) electrons. The maximum atomic E-state index is 11.8. The number of sulfonamides is 1. The molecular weight excluding hydrogens is 324 g/mol. The van der Waals surface area contributed by atoms with Crippen LogP contribution in [0.1, 0.15) is 30.0 Å². The van der Waals surface area contributed by atoms with Crippen LogP contribution in [0, 0.1) is 6.92 Å². The Morgan fingerprint density at radius 2 is 2.00 bits per heavy atom. The van der Waals surface area contributed by atoms with Crippen molar-refractivity contribution in [2.45, 2.75) is 30.6 Å². The van der Waals surface area contributed by atoms with E-state index in [0.717, 1.165) is 18.4 Å². The van der Waals surface area contributed by atoms with Crippen LogP contribution >= 0.6 is 11.6 Å². The zero-order valence-corrected chi connectivity index (χ0v) is 13.4. The van der Waals surface area contributed by atoms with Gasteiger partial charge in [-0.1, -0.05) is 11.6 Å².